The van der Waals surface area contributed by atoms with Crippen molar-refractivity contribution in [2.45, 2.75) is 32.9 Å². The van der Waals surface area contributed by atoms with E-state index in [1.807, 2.05) is 32.0 Å². The number of aryl methyl sites for hydroxylation is 1. The lowest BCUT2D eigenvalue weighted by Crippen LogP contribution is -2.59. The van der Waals surface area contributed by atoms with Crippen LogP contribution < -0.4 is 5.32 Å². The monoisotopic (exact) mass is 397 g/mol. The van der Waals surface area contributed by atoms with Crippen molar-refractivity contribution >= 4 is 23.4 Å². The van der Waals surface area contributed by atoms with E-state index in [1.54, 1.807) is 18.2 Å². The van der Waals surface area contributed by atoms with E-state index in [-0.39, 0.29) is 24.8 Å². The highest BCUT2D eigenvalue weighted by Crippen LogP contribution is 2.18. The largest absolute Gasteiger partial charge is 0.328 e. The van der Waals surface area contributed by atoms with E-state index in [9.17, 15) is 18.8 Å². The van der Waals surface area contributed by atoms with Crippen LogP contribution in [0.15, 0.2) is 48.5 Å². The molecule has 1 fully saturated rings. The number of amides is 3. The molecule has 7 heteroatoms. The second-order valence-corrected chi connectivity index (χ2v) is 7.08. The molecule has 1 N–H and O–H groups in total. The number of nitrogens with zero attached hydrogens (tertiary/aromatic N) is 2. The molecule has 1 saturated heterocycles. The molecule has 0 spiro atoms. The van der Waals surface area contributed by atoms with E-state index in [4.69, 9.17) is 0 Å². The minimum atomic E-state index is -0.723. The second-order valence-electron chi connectivity index (χ2n) is 7.08. The fourth-order valence-corrected chi connectivity index (χ4v) is 3.42. The maximum Gasteiger partial charge on any atom is 0.312 e. The smallest absolute Gasteiger partial charge is 0.312 e. The van der Waals surface area contributed by atoms with Crippen LogP contribution in [0.1, 0.15) is 24.5 Å². The van der Waals surface area contributed by atoms with Gasteiger partial charge in [-0.2, -0.15) is 0 Å². The molecule has 3 amide bonds. The van der Waals surface area contributed by atoms with Crippen molar-refractivity contribution in [3.63, 3.8) is 0 Å². The van der Waals surface area contributed by atoms with Gasteiger partial charge in [0.05, 0.1) is 0 Å². The first kappa shape index (κ1) is 20.5. The van der Waals surface area contributed by atoms with Crippen LogP contribution in [0.2, 0.25) is 0 Å². The van der Waals surface area contributed by atoms with E-state index in [2.05, 4.69) is 5.32 Å². The Labute approximate surface area is 169 Å². The Kier molecular flexibility index (Phi) is 6.26. The SMILES string of the molecule is CC[C@@H](C(=O)Nc1ccccc1C)N1CCN(Cc2ccc(F)cc2)C(=O)C1=O. The summed E-state index contributed by atoms with van der Waals surface area (Å²) in [5.41, 5.74) is 2.34. The van der Waals surface area contributed by atoms with Crippen LogP contribution in [0.5, 0.6) is 0 Å². The molecule has 1 aliphatic rings. The summed E-state index contributed by atoms with van der Waals surface area (Å²) in [6.07, 6.45) is 0.398. The Morgan fingerprint density at radius 1 is 1.07 bits per heavy atom. The van der Waals surface area contributed by atoms with Gasteiger partial charge in [-0.1, -0.05) is 37.3 Å². The molecule has 1 atom stereocenters. The molecule has 1 aliphatic heterocycles. The van der Waals surface area contributed by atoms with Crippen LogP contribution in [-0.2, 0) is 20.9 Å². The zero-order valence-electron chi connectivity index (χ0n) is 16.5. The van der Waals surface area contributed by atoms with Gasteiger partial charge in [0.15, 0.2) is 0 Å². The van der Waals surface area contributed by atoms with Gasteiger partial charge < -0.3 is 15.1 Å². The number of hydrogen-bond acceptors (Lipinski definition) is 3. The van der Waals surface area contributed by atoms with Gasteiger partial charge in [0, 0.05) is 25.3 Å². The molecule has 0 unspecified atom stereocenters. The van der Waals surface area contributed by atoms with Gasteiger partial charge in [-0.05, 0) is 42.7 Å². The lowest BCUT2D eigenvalue weighted by atomic mass is 10.1. The summed E-state index contributed by atoms with van der Waals surface area (Å²) in [4.78, 5) is 40.8. The zero-order chi connectivity index (χ0) is 21.0. The molecule has 2 aromatic rings. The molecular weight excluding hydrogens is 373 g/mol. The molecule has 3 rings (SSSR count). The Hall–Kier alpha value is -3.22. The first-order valence-corrected chi connectivity index (χ1v) is 9.61. The van der Waals surface area contributed by atoms with Crippen LogP contribution in [0, 0.1) is 12.7 Å². The predicted octanol–water partition coefficient (Wildman–Crippen LogP) is 2.72. The van der Waals surface area contributed by atoms with Gasteiger partial charge in [0.2, 0.25) is 5.91 Å². The number of rotatable bonds is 6. The van der Waals surface area contributed by atoms with Crippen molar-refractivity contribution in [3.8, 4) is 0 Å². The van der Waals surface area contributed by atoms with Crippen molar-refractivity contribution in [1.82, 2.24) is 9.80 Å². The van der Waals surface area contributed by atoms with Gasteiger partial charge in [0.25, 0.3) is 0 Å². The highest BCUT2D eigenvalue weighted by atomic mass is 19.1. The third-order valence-electron chi connectivity index (χ3n) is 5.10. The first-order valence-electron chi connectivity index (χ1n) is 9.61. The van der Waals surface area contributed by atoms with E-state index in [0.717, 1.165) is 11.1 Å². The summed E-state index contributed by atoms with van der Waals surface area (Å²) in [7, 11) is 0. The highest BCUT2D eigenvalue weighted by molar-refractivity contribution is 6.35. The standard InChI is InChI=1S/C22H24FN3O3/c1-3-19(20(27)24-18-7-5-4-6-15(18)2)26-13-12-25(21(28)22(26)29)14-16-8-10-17(23)11-9-16/h4-11,19H,3,12-14H2,1-2H3,(H,24,27)/t19-/m0/s1. The molecule has 0 aromatic heterocycles. The maximum absolute atomic E-state index is 13.1. The fourth-order valence-electron chi connectivity index (χ4n) is 3.42. The van der Waals surface area contributed by atoms with Crippen molar-refractivity contribution in [1.29, 1.82) is 0 Å². The summed E-state index contributed by atoms with van der Waals surface area (Å²) in [5.74, 6) is -2.01. The van der Waals surface area contributed by atoms with Crippen molar-refractivity contribution in [3.05, 3.63) is 65.5 Å². The maximum atomic E-state index is 13.1. The third kappa shape index (κ3) is 4.62. The third-order valence-corrected chi connectivity index (χ3v) is 5.10. The number of anilines is 1. The Balaban J connectivity index is 1.68. The number of hydrogen-bond donors (Lipinski definition) is 1. The van der Waals surface area contributed by atoms with Gasteiger partial charge >= 0.3 is 11.8 Å². The molecule has 0 saturated carbocycles. The topological polar surface area (TPSA) is 69.7 Å². The fraction of sp³-hybridized carbons (Fsp3) is 0.318. The quantitative estimate of drug-likeness (QED) is 0.762. The second kappa shape index (κ2) is 8.86. The van der Waals surface area contributed by atoms with Gasteiger partial charge in [0.1, 0.15) is 11.9 Å². The van der Waals surface area contributed by atoms with E-state index in [1.165, 1.54) is 21.9 Å². The van der Waals surface area contributed by atoms with Gasteiger partial charge in [-0.15, -0.1) is 0 Å². The molecule has 0 bridgehead atoms. The minimum absolute atomic E-state index is 0.227. The lowest BCUT2D eigenvalue weighted by molar-refractivity contribution is -0.159. The van der Waals surface area contributed by atoms with E-state index < -0.39 is 17.9 Å². The van der Waals surface area contributed by atoms with Crippen molar-refractivity contribution in [2.24, 2.45) is 0 Å². The molecule has 2 aromatic carbocycles. The summed E-state index contributed by atoms with van der Waals surface area (Å²) < 4.78 is 13.1. The molecule has 0 aliphatic carbocycles. The van der Waals surface area contributed by atoms with E-state index in [0.29, 0.717) is 18.7 Å². The number of carbonyl (C=O) groups excluding carboxylic acids is 3. The summed E-state index contributed by atoms with van der Waals surface area (Å²) in [5, 5.41) is 2.86. The molecule has 1 heterocycles. The zero-order valence-corrected chi connectivity index (χ0v) is 16.5. The van der Waals surface area contributed by atoms with Crippen LogP contribution in [0.25, 0.3) is 0 Å². The predicted molar refractivity (Wildman–Crippen MR) is 107 cm³/mol. The molecule has 6 nitrogen and oxygen atoms in total. The first-order chi connectivity index (χ1) is 13.9. The Bertz CT molecular complexity index is 914. The Morgan fingerprint density at radius 3 is 2.41 bits per heavy atom. The van der Waals surface area contributed by atoms with Crippen LogP contribution in [0.3, 0.4) is 0 Å². The Morgan fingerprint density at radius 2 is 1.76 bits per heavy atom. The number of nitrogens with one attached hydrogen (secondary N) is 1. The normalized spacial score (nSPS) is 15.4. The average molecular weight is 397 g/mol. The summed E-state index contributed by atoms with van der Waals surface area (Å²) >= 11 is 0. The molecular formula is C22H24FN3O3. The van der Waals surface area contributed by atoms with Crippen LogP contribution >= 0.6 is 0 Å². The minimum Gasteiger partial charge on any atom is -0.328 e. The molecule has 29 heavy (non-hydrogen) atoms. The average Bonchev–Trinajstić information content (AvgIpc) is 2.71. The molecule has 0 radical (unpaired) electrons. The number of carbonyl (C=O) groups is 3. The van der Waals surface area contributed by atoms with Crippen LogP contribution in [-0.4, -0.2) is 46.7 Å². The van der Waals surface area contributed by atoms with Gasteiger partial charge in [-0.3, -0.25) is 14.4 Å². The molecule has 152 valence electrons. The lowest BCUT2D eigenvalue weighted by Gasteiger charge is -2.37. The summed E-state index contributed by atoms with van der Waals surface area (Å²) in [6.45, 7) is 4.51. The number of para-hydroxylation sites is 1. The van der Waals surface area contributed by atoms with Crippen LogP contribution in [0.4, 0.5) is 10.1 Å². The van der Waals surface area contributed by atoms with E-state index >= 15 is 0 Å². The summed E-state index contributed by atoms with van der Waals surface area (Å²) in [6, 6.07) is 12.5. The number of benzene rings is 2. The highest BCUT2D eigenvalue weighted by Gasteiger charge is 2.38. The number of piperazine rings is 1. The number of halogens is 1. The van der Waals surface area contributed by atoms with Crippen molar-refractivity contribution in [2.75, 3.05) is 18.4 Å². The van der Waals surface area contributed by atoms with Crippen molar-refractivity contribution < 1.29 is 18.8 Å². The van der Waals surface area contributed by atoms with Gasteiger partial charge in [-0.25, -0.2) is 4.39 Å².